The van der Waals surface area contributed by atoms with Gasteiger partial charge in [-0.05, 0) is 87.1 Å². The first-order chi connectivity index (χ1) is 16.6. The Kier molecular flexibility index (Phi) is 7.90. The van der Waals surface area contributed by atoms with Crippen LogP contribution >= 0.6 is 45.2 Å². The van der Waals surface area contributed by atoms with Crippen molar-refractivity contribution >= 4 is 73.1 Å². The number of hydrogen-bond acceptors (Lipinski definition) is 3. The molecule has 176 valence electrons. The van der Waals surface area contributed by atoms with Gasteiger partial charge in [-0.25, -0.2) is 0 Å². The van der Waals surface area contributed by atoms with Gasteiger partial charge in [-0.15, -0.1) is 0 Å². The van der Waals surface area contributed by atoms with Crippen LogP contribution in [0.15, 0.2) is 72.8 Å². The summed E-state index contributed by atoms with van der Waals surface area (Å²) >= 11 is 4.76. The van der Waals surface area contributed by atoms with E-state index in [2.05, 4.69) is 132 Å². The molecule has 1 fully saturated rings. The predicted octanol–water partition coefficient (Wildman–Crippen LogP) is 5.70. The minimum atomic E-state index is -0.401. The van der Waals surface area contributed by atoms with E-state index in [9.17, 15) is 5.11 Å². The molecule has 0 saturated carbocycles. The van der Waals surface area contributed by atoms with Gasteiger partial charge in [0.1, 0.15) is 0 Å². The highest BCUT2D eigenvalue weighted by atomic mass is 127. The number of nitrogens with zero attached hydrogens (tertiary/aromatic N) is 3. The largest absolute Gasteiger partial charge is 0.390 e. The van der Waals surface area contributed by atoms with Crippen LogP contribution in [0.25, 0.3) is 27.9 Å². The lowest BCUT2D eigenvalue weighted by molar-refractivity contribution is 0.0688. The molecule has 1 N–H and O–H groups in total. The molecule has 0 amide bonds. The van der Waals surface area contributed by atoms with Crippen LogP contribution in [0.2, 0.25) is 0 Å². The molecule has 5 rings (SSSR count). The molecule has 3 aromatic carbocycles. The number of aromatic nitrogens is 1. The fraction of sp³-hybridized carbons (Fsp3) is 0.286. The van der Waals surface area contributed by atoms with Crippen LogP contribution in [0.4, 0.5) is 0 Å². The number of hydrogen-bond donors (Lipinski definition) is 1. The van der Waals surface area contributed by atoms with Crippen molar-refractivity contribution in [2.24, 2.45) is 0 Å². The Bertz CT molecular complexity index is 1230. The molecular formula is C28H29I2N3O. The van der Waals surface area contributed by atoms with Crippen LogP contribution in [0.5, 0.6) is 0 Å². The molecule has 1 aliphatic rings. The number of piperazine rings is 1. The van der Waals surface area contributed by atoms with Crippen molar-refractivity contribution in [3.05, 3.63) is 85.5 Å². The standard InChI is InChI=1S/C28H29I2N3O/c29-22-8-10-27-25(17-22)26-18-23(30)9-11-28(26)33(27)20-24(34)19-32-15-13-31(14-16-32)12-4-7-21-5-2-1-3-6-21/h1-11,17-18,24,34H,12-16,19-20H2/b7-4+/t24-/m1/s1. The second-order valence-corrected chi connectivity index (χ2v) is 11.5. The normalized spacial score (nSPS) is 16.7. The first kappa shape index (κ1) is 24.2. The maximum Gasteiger partial charge on any atom is 0.0845 e. The lowest BCUT2D eigenvalue weighted by Crippen LogP contribution is -2.48. The highest BCUT2D eigenvalue weighted by Crippen LogP contribution is 2.31. The van der Waals surface area contributed by atoms with Gasteiger partial charge < -0.3 is 9.67 Å². The average molecular weight is 677 g/mol. The first-order valence-electron chi connectivity index (χ1n) is 11.8. The SMILES string of the molecule is O[C@H](CN1CCN(C/C=C/c2ccccc2)CC1)Cn1c2ccc(I)cc2c2cc(I)ccc21. The summed E-state index contributed by atoms with van der Waals surface area (Å²) in [6.45, 7) is 6.38. The fourth-order valence-corrected chi connectivity index (χ4v) is 5.85. The molecule has 4 nitrogen and oxygen atoms in total. The Morgan fingerprint density at radius 3 is 1.97 bits per heavy atom. The van der Waals surface area contributed by atoms with E-state index in [0.717, 1.165) is 32.7 Å². The highest BCUT2D eigenvalue weighted by Gasteiger charge is 2.20. The highest BCUT2D eigenvalue weighted by molar-refractivity contribution is 14.1. The Labute approximate surface area is 228 Å². The summed E-state index contributed by atoms with van der Waals surface area (Å²) in [5.74, 6) is 0. The topological polar surface area (TPSA) is 31.6 Å². The van der Waals surface area contributed by atoms with Gasteiger partial charge in [0.25, 0.3) is 0 Å². The van der Waals surface area contributed by atoms with Crippen molar-refractivity contribution in [1.82, 2.24) is 14.4 Å². The van der Waals surface area contributed by atoms with Gasteiger partial charge >= 0.3 is 0 Å². The molecular weight excluding hydrogens is 648 g/mol. The molecule has 4 aromatic rings. The van der Waals surface area contributed by atoms with Gasteiger partial charge in [0.15, 0.2) is 0 Å². The van der Waals surface area contributed by atoms with E-state index in [4.69, 9.17) is 0 Å². The van der Waals surface area contributed by atoms with Crippen molar-refractivity contribution in [1.29, 1.82) is 0 Å². The minimum absolute atomic E-state index is 0.401. The van der Waals surface area contributed by atoms with Gasteiger partial charge in [0, 0.05) is 68.2 Å². The zero-order valence-electron chi connectivity index (χ0n) is 19.1. The summed E-state index contributed by atoms with van der Waals surface area (Å²) in [5.41, 5.74) is 3.65. The van der Waals surface area contributed by atoms with Gasteiger partial charge in [-0.1, -0.05) is 42.5 Å². The van der Waals surface area contributed by atoms with Crippen molar-refractivity contribution in [2.45, 2.75) is 12.6 Å². The predicted molar refractivity (Wildman–Crippen MR) is 159 cm³/mol. The van der Waals surface area contributed by atoms with E-state index in [-0.39, 0.29) is 0 Å². The molecule has 0 spiro atoms. The van der Waals surface area contributed by atoms with Crippen LogP contribution in [0.1, 0.15) is 5.56 Å². The lowest BCUT2D eigenvalue weighted by Gasteiger charge is -2.35. The molecule has 1 aliphatic heterocycles. The second-order valence-electron chi connectivity index (χ2n) is 9.00. The number of fused-ring (bicyclic) bond motifs is 3. The first-order valence-corrected chi connectivity index (χ1v) is 13.9. The van der Waals surface area contributed by atoms with Crippen LogP contribution in [-0.4, -0.2) is 64.8 Å². The Morgan fingerprint density at radius 1 is 0.765 bits per heavy atom. The quantitative estimate of drug-likeness (QED) is 0.255. The summed E-state index contributed by atoms with van der Waals surface area (Å²) in [6, 6.07) is 23.7. The fourth-order valence-electron chi connectivity index (χ4n) is 4.87. The maximum atomic E-state index is 11.0. The molecule has 6 heteroatoms. The summed E-state index contributed by atoms with van der Waals surface area (Å²) in [5, 5.41) is 13.6. The zero-order chi connectivity index (χ0) is 23.5. The van der Waals surface area contributed by atoms with E-state index in [1.54, 1.807) is 0 Å². The summed E-state index contributed by atoms with van der Waals surface area (Å²) < 4.78 is 4.77. The third kappa shape index (κ3) is 5.67. The van der Waals surface area contributed by atoms with Gasteiger partial charge in [-0.3, -0.25) is 9.80 Å². The van der Waals surface area contributed by atoms with Crippen LogP contribution in [0.3, 0.4) is 0 Å². The monoisotopic (exact) mass is 677 g/mol. The third-order valence-electron chi connectivity index (χ3n) is 6.59. The van der Waals surface area contributed by atoms with Crippen molar-refractivity contribution in [3.63, 3.8) is 0 Å². The molecule has 0 radical (unpaired) electrons. The minimum Gasteiger partial charge on any atom is -0.390 e. The van der Waals surface area contributed by atoms with Crippen LogP contribution in [-0.2, 0) is 6.54 Å². The average Bonchev–Trinajstić information content (AvgIpc) is 3.12. The summed E-state index contributed by atoms with van der Waals surface area (Å²) in [7, 11) is 0. The molecule has 1 atom stereocenters. The van der Waals surface area contributed by atoms with Crippen molar-refractivity contribution in [2.75, 3.05) is 39.3 Å². The van der Waals surface area contributed by atoms with Crippen LogP contribution < -0.4 is 0 Å². The summed E-state index contributed by atoms with van der Waals surface area (Å²) in [6.07, 6.45) is 4.05. The van der Waals surface area contributed by atoms with Crippen LogP contribution in [0, 0.1) is 7.14 Å². The van der Waals surface area contributed by atoms with E-state index >= 15 is 0 Å². The Hall–Kier alpha value is -1.46. The van der Waals surface area contributed by atoms with E-state index < -0.39 is 6.10 Å². The molecule has 34 heavy (non-hydrogen) atoms. The molecule has 1 aromatic heterocycles. The summed E-state index contributed by atoms with van der Waals surface area (Å²) in [4.78, 5) is 4.89. The number of halogens is 2. The van der Waals surface area contributed by atoms with Crippen molar-refractivity contribution < 1.29 is 5.11 Å². The smallest absolute Gasteiger partial charge is 0.0845 e. The molecule has 2 heterocycles. The number of β-amino-alcohol motifs (C(OH)–C–C–N with tert-alkyl or cyclic N) is 1. The Balaban J connectivity index is 1.20. The van der Waals surface area contributed by atoms with Gasteiger partial charge in [-0.2, -0.15) is 0 Å². The molecule has 0 unspecified atom stereocenters. The molecule has 0 bridgehead atoms. The van der Waals surface area contributed by atoms with Gasteiger partial charge in [0.2, 0.25) is 0 Å². The number of aliphatic hydroxyl groups excluding tert-OH is 1. The number of benzene rings is 3. The second kappa shape index (κ2) is 11.1. The zero-order valence-corrected chi connectivity index (χ0v) is 23.4. The molecule has 1 saturated heterocycles. The third-order valence-corrected chi connectivity index (χ3v) is 7.93. The molecule has 0 aliphatic carbocycles. The lowest BCUT2D eigenvalue weighted by atomic mass is 10.2. The number of aliphatic hydroxyl groups is 1. The van der Waals surface area contributed by atoms with Crippen molar-refractivity contribution in [3.8, 4) is 0 Å². The number of rotatable bonds is 7. The van der Waals surface area contributed by atoms with E-state index in [0.29, 0.717) is 13.1 Å². The van der Waals surface area contributed by atoms with E-state index in [1.807, 2.05) is 6.07 Å². The maximum absolute atomic E-state index is 11.0. The van der Waals surface area contributed by atoms with E-state index in [1.165, 1.54) is 34.5 Å². The Morgan fingerprint density at radius 2 is 1.35 bits per heavy atom. The van der Waals surface area contributed by atoms with Gasteiger partial charge in [0.05, 0.1) is 12.6 Å².